The van der Waals surface area contributed by atoms with Gasteiger partial charge < -0.3 is 14.5 Å². The summed E-state index contributed by atoms with van der Waals surface area (Å²) in [6, 6.07) is 0.0352. The van der Waals surface area contributed by atoms with Gasteiger partial charge in [0.2, 0.25) is 11.8 Å². The highest BCUT2D eigenvalue weighted by Crippen LogP contribution is 2.34. The van der Waals surface area contributed by atoms with E-state index in [4.69, 9.17) is 9.15 Å². The number of ether oxygens (including phenoxy) is 1. The summed E-state index contributed by atoms with van der Waals surface area (Å²) in [6.45, 7) is 11.0. The molecule has 7 heteroatoms. The SMILES string of the molecule is CCn1cc([C@@H]2OCC[C@@H]2CN[C@@H](C)c2nnc(CC(C)C)o2)cn1. The van der Waals surface area contributed by atoms with Crippen LogP contribution in [-0.4, -0.2) is 33.1 Å². The summed E-state index contributed by atoms with van der Waals surface area (Å²) < 4.78 is 13.7. The van der Waals surface area contributed by atoms with E-state index in [1.165, 1.54) is 0 Å². The molecular weight excluding hydrogens is 318 g/mol. The Hall–Kier alpha value is -1.73. The molecule has 3 atom stereocenters. The molecule has 2 aromatic rings. The summed E-state index contributed by atoms with van der Waals surface area (Å²) in [5.41, 5.74) is 1.16. The monoisotopic (exact) mass is 347 g/mol. The predicted octanol–water partition coefficient (Wildman–Crippen LogP) is 2.91. The van der Waals surface area contributed by atoms with Crippen LogP contribution in [0.4, 0.5) is 0 Å². The van der Waals surface area contributed by atoms with Crippen molar-refractivity contribution in [1.29, 1.82) is 0 Å². The van der Waals surface area contributed by atoms with E-state index in [1.807, 2.05) is 10.9 Å². The number of aryl methyl sites for hydroxylation is 1. The van der Waals surface area contributed by atoms with Crippen molar-refractivity contribution in [3.63, 3.8) is 0 Å². The molecule has 3 heterocycles. The molecule has 1 saturated heterocycles. The van der Waals surface area contributed by atoms with E-state index in [0.717, 1.165) is 38.1 Å². The van der Waals surface area contributed by atoms with E-state index in [1.54, 1.807) is 0 Å². The lowest BCUT2D eigenvalue weighted by Gasteiger charge is -2.19. The topological polar surface area (TPSA) is 78.0 Å². The molecule has 1 aliphatic heterocycles. The summed E-state index contributed by atoms with van der Waals surface area (Å²) in [5, 5.41) is 16.2. The standard InChI is InChI=1S/C18H29N5O2/c1-5-23-11-15(10-20-23)17-14(6-7-24-17)9-19-13(4)18-22-21-16(25-18)8-12(2)3/h10-14,17,19H,5-9H2,1-4H3/t13-,14+,17+/m0/s1. The minimum Gasteiger partial charge on any atom is -0.424 e. The first-order chi connectivity index (χ1) is 12.1. The molecule has 0 aromatic carbocycles. The third-order valence-corrected chi connectivity index (χ3v) is 4.64. The molecule has 0 saturated carbocycles. The zero-order chi connectivity index (χ0) is 17.8. The van der Waals surface area contributed by atoms with Gasteiger partial charge in [0, 0.05) is 43.8 Å². The fraction of sp³-hybridized carbons (Fsp3) is 0.722. The van der Waals surface area contributed by atoms with Gasteiger partial charge in [-0.05, 0) is 26.2 Å². The van der Waals surface area contributed by atoms with Gasteiger partial charge in [0.15, 0.2) is 0 Å². The van der Waals surface area contributed by atoms with Crippen LogP contribution in [0, 0.1) is 11.8 Å². The smallest absolute Gasteiger partial charge is 0.233 e. The molecule has 138 valence electrons. The van der Waals surface area contributed by atoms with Gasteiger partial charge in [0.25, 0.3) is 0 Å². The predicted molar refractivity (Wildman–Crippen MR) is 94.0 cm³/mol. The fourth-order valence-electron chi connectivity index (χ4n) is 3.20. The molecule has 25 heavy (non-hydrogen) atoms. The summed E-state index contributed by atoms with van der Waals surface area (Å²) in [7, 11) is 0. The average Bonchev–Trinajstić information content (AvgIpc) is 3.31. The number of aromatic nitrogens is 4. The fourth-order valence-corrected chi connectivity index (χ4v) is 3.20. The normalized spacial score (nSPS) is 22.0. The summed E-state index contributed by atoms with van der Waals surface area (Å²) in [5.74, 6) is 2.31. The molecule has 0 radical (unpaired) electrons. The van der Waals surface area contributed by atoms with Gasteiger partial charge in [0.05, 0.1) is 18.3 Å². The van der Waals surface area contributed by atoms with Gasteiger partial charge in [-0.15, -0.1) is 10.2 Å². The molecule has 0 bridgehead atoms. The lowest BCUT2D eigenvalue weighted by atomic mass is 9.97. The second-order valence-corrected chi connectivity index (χ2v) is 7.23. The first-order valence-electron chi connectivity index (χ1n) is 9.26. The minimum atomic E-state index is 0.0352. The van der Waals surface area contributed by atoms with Crippen LogP contribution in [0.1, 0.15) is 63.6 Å². The Morgan fingerprint density at radius 2 is 2.16 bits per heavy atom. The number of hydrogen-bond acceptors (Lipinski definition) is 6. The van der Waals surface area contributed by atoms with Gasteiger partial charge in [-0.2, -0.15) is 5.10 Å². The first kappa shape index (κ1) is 18.1. The van der Waals surface area contributed by atoms with Crippen LogP contribution in [0.15, 0.2) is 16.8 Å². The second-order valence-electron chi connectivity index (χ2n) is 7.23. The van der Waals surface area contributed by atoms with E-state index in [-0.39, 0.29) is 12.1 Å². The van der Waals surface area contributed by atoms with Crippen molar-refractivity contribution < 1.29 is 9.15 Å². The Kier molecular flexibility index (Phi) is 5.86. The van der Waals surface area contributed by atoms with E-state index >= 15 is 0 Å². The van der Waals surface area contributed by atoms with Crippen molar-refractivity contribution in [2.45, 2.75) is 59.2 Å². The van der Waals surface area contributed by atoms with Gasteiger partial charge in [-0.3, -0.25) is 4.68 Å². The molecule has 3 rings (SSSR count). The zero-order valence-corrected chi connectivity index (χ0v) is 15.6. The van der Waals surface area contributed by atoms with Crippen molar-refractivity contribution >= 4 is 0 Å². The number of nitrogens with one attached hydrogen (secondary N) is 1. The van der Waals surface area contributed by atoms with Crippen molar-refractivity contribution in [1.82, 2.24) is 25.3 Å². The highest BCUT2D eigenvalue weighted by molar-refractivity contribution is 5.11. The Balaban J connectivity index is 1.55. The van der Waals surface area contributed by atoms with Crippen molar-refractivity contribution in [3.05, 3.63) is 29.7 Å². The third-order valence-electron chi connectivity index (χ3n) is 4.64. The summed E-state index contributed by atoms with van der Waals surface area (Å²) in [4.78, 5) is 0. The van der Waals surface area contributed by atoms with Crippen LogP contribution in [0.5, 0.6) is 0 Å². The molecule has 0 unspecified atom stereocenters. The zero-order valence-electron chi connectivity index (χ0n) is 15.6. The maximum atomic E-state index is 5.95. The molecule has 1 fully saturated rings. The molecule has 7 nitrogen and oxygen atoms in total. The van der Waals surface area contributed by atoms with E-state index < -0.39 is 0 Å². The number of hydrogen-bond donors (Lipinski definition) is 1. The summed E-state index contributed by atoms with van der Waals surface area (Å²) in [6.07, 6.45) is 5.98. The van der Waals surface area contributed by atoms with Crippen molar-refractivity contribution in [3.8, 4) is 0 Å². The second kappa shape index (κ2) is 8.10. The molecule has 0 spiro atoms. The molecular formula is C18H29N5O2. The lowest BCUT2D eigenvalue weighted by Crippen LogP contribution is -2.27. The van der Waals surface area contributed by atoms with Crippen LogP contribution in [0.3, 0.4) is 0 Å². The Labute approximate surface area is 149 Å². The highest BCUT2D eigenvalue weighted by atomic mass is 16.5. The Morgan fingerprint density at radius 1 is 1.32 bits per heavy atom. The van der Waals surface area contributed by atoms with Gasteiger partial charge >= 0.3 is 0 Å². The molecule has 0 aliphatic carbocycles. The third kappa shape index (κ3) is 4.46. The van der Waals surface area contributed by atoms with Gasteiger partial charge in [-0.25, -0.2) is 0 Å². The van der Waals surface area contributed by atoms with Crippen molar-refractivity contribution in [2.75, 3.05) is 13.2 Å². The Morgan fingerprint density at radius 3 is 2.88 bits per heavy atom. The van der Waals surface area contributed by atoms with E-state index in [0.29, 0.717) is 23.6 Å². The van der Waals surface area contributed by atoms with Gasteiger partial charge in [-0.1, -0.05) is 13.8 Å². The van der Waals surface area contributed by atoms with Crippen LogP contribution < -0.4 is 5.32 Å². The van der Waals surface area contributed by atoms with Crippen molar-refractivity contribution in [2.24, 2.45) is 11.8 Å². The molecule has 2 aromatic heterocycles. The summed E-state index contributed by atoms with van der Waals surface area (Å²) >= 11 is 0. The van der Waals surface area contributed by atoms with Crippen LogP contribution >= 0.6 is 0 Å². The van der Waals surface area contributed by atoms with Crippen LogP contribution in [0.2, 0.25) is 0 Å². The Bertz CT molecular complexity index is 666. The largest absolute Gasteiger partial charge is 0.424 e. The maximum Gasteiger partial charge on any atom is 0.233 e. The van der Waals surface area contributed by atoms with Gasteiger partial charge in [0.1, 0.15) is 0 Å². The first-order valence-corrected chi connectivity index (χ1v) is 9.26. The molecule has 1 N–H and O–H groups in total. The maximum absolute atomic E-state index is 5.95. The van der Waals surface area contributed by atoms with Crippen LogP contribution in [0.25, 0.3) is 0 Å². The van der Waals surface area contributed by atoms with E-state index in [2.05, 4.69) is 54.5 Å². The molecule has 0 amide bonds. The van der Waals surface area contributed by atoms with E-state index in [9.17, 15) is 0 Å². The minimum absolute atomic E-state index is 0.0352. The quantitative estimate of drug-likeness (QED) is 0.791. The number of rotatable bonds is 8. The van der Waals surface area contributed by atoms with Crippen LogP contribution in [-0.2, 0) is 17.7 Å². The highest BCUT2D eigenvalue weighted by Gasteiger charge is 2.31. The average molecular weight is 347 g/mol. The number of nitrogens with zero attached hydrogens (tertiary/aromatic N) is 4. The molecule has 1 aliphatic rings. The lowest BCUT2D eigenvalue weighted by molar-refractivity contribution is 0.0896.